The van der Waals surface area contributed by atoms with Crippen LogP contribution >= 0.6 is 0 Å². The minimum absolute atomic E-state index is 0.0356. The number of amidine groups is 1. The predicted octanol–water partition coefficient (Wildman–Crippen LogP) is 2.11. The summed E-state index contributed by atoms with van der Waals surface area (Å²) in [5.74, 6) is -1.03. The molecule has 0 fully saturated rings. The molecule has 17 heavy (non-hydrogen) atoms. The van der Waals surface area contributed by atoms with Crippen molar-refractivity contribution in [1.82, 2.24) is 4.90 Å². The molecule has 94 valence electrons. The smallest absolute Gasteiger partial charge is 0.130 e. The van der Waals surface area contributed by atoms with Gasteiger partial charge in [-0.3, -0.25) is 10.3 Å². The first-order valence-corrected chi connectivity index (χ1v) is 5.38. The highest BCUT2D eigenvalue weighted by atomic mass is 19.1. The highest BCUT2D eigenvalue weighted by Gasteiger charge is 2.15. The van der Waals surface area contributed by atoms with E-state index in [1.807, 2.05) is 6.92 Å². The van der Waals surface area contributed by atoms with E-state index in [4.69, 9.17) is 11.1 Å². The van der Waals surface area contributed by atoms with Gasteiger partial charge in [-0.25, -0.2) is 8.78 Å². The van der Waals surface area contributed by atoms with Gasteiger partial charge in [0.2, 0.25) is 0 Å². The zero-order chi connectivity index (χ0) is 13.0. The molecular formula is C12H17F2N3. The first-order chi connectivity index (χ1) is 7.91. The number of nitrogens with one attached hydrogen (secondary N) is 1. The van der Waals surface area contributed by atoms with Gasteiger partial charge in [-0.1, -0.05) is 6.07 Å². The summed E-state index contributed by atoms with van der Waals surface area (Å²) in [6, 6.07) is 3.78. The average Bonchev–Trinajstić information content (AvgIpc) is 2.22. The average molecular weight is 241 g/mol. The van der Waals surface area contributed by atoms with Gasteiger partial charge in [0, 0.05) is 24.6 Å². The van der Waals surface area contributed by atoms with Crippen LogP contribution in [0.25, 0.3) is 0 Å². The molecule has 1 rings (SSSR count). The monoisotopic (exact) mass is 241 g/mol. The Morgan fingerprint density at radius 1 is 1.41 bits per heavy atom. The molecule has 0 bridgehead atoms. The van der Waals surface area contributed by atoms with E-state index in [0.29, 0.717) is 6.42 Å². The van der Waals surface area contributed by atoms with Crippen molar-refractivity contribution in [3.63, 3.8) is 0 Å². The summed E-state index contributed by atoms with van der Waals surface area (Å²) in [7, 11) is 1.75. The van der Waals surface area contributed by atoms with Crippen LogP contribution in [0.1, 0.15) is 18.9 Å². The molecule has 0 aromatic heterocycles. The molecule has 1 unspecified atom stereocenters. The third-order valence-corrected chi connectivity index (χ3v) is 2.74. The lowest BCUT2D eigenvalue weighted by atomic mass is 10.1. The largest absolute Gasteiger partial charge is 0.388 e. The third kappa shape index (κ3) is 3.78. The molecular weight excluding hydrogens is 224 g/mol. The molecule has 3 nitrogen and oxygen atoms in total. The molecule has 0 amide bonds. The summed E-state index contributed by atoms with van der Waals surface area (Å²) < 4.78 is 26.8. The van der Waals surface area contributed by atoms with Gasteiger partial charge in [-0.05, 0) is 26.1 Å². The van der Waals surface area contributed by atoms with Gasteiger partial charge in [-0.15, -0.1) is 0 Å². The first-order valence-electron chi connectivity index (χ1n) is 5.38. The van der Waals surface area contributed by atoms with Crippen molar-refractivity contribution in [3.8, 4) is 0 Å². The third-order valence-electron chi connectivity index (χ3n) is 2.74. The molecule has 0 saturated heterocycles. The molecule has 0 spiro atoms. The summed E-state index contributed by atoms with van der Waals surface area (Å²) in [5.41, 5.74) is 5.34. The summed E-state index contributed by atoms with van der Waals surface area (Å²) in [5, 5.41) is 7.19. The number of halogens is 2. The molecule has 0 aliphatic heterocycles. The highest BCUT2D eigenvalue weighted by molar-refractivity contribution is 5.77. The Balaban J connectivity index is 2.74. The van der Waals surface area contributed by atoms with Crippen molar-refractivity contribution in [2.45, 2.75) is 25.9 Å². The van der Waals surface area contributed by atoms with Crippen molar-refractivity contribution in [3.05, 3.63) is 35.4 Å². The van der Waals surface area contributed by atoms with Gasteiger partial charge in [0.1, 0.15) is 11.6 Å². The molecule has 0 radical (unpaired) electrons. The number of rotatable bonds is 5. The summed E-state index contributed by atoms with van der Waals surface area (Å²) in [6.07, 6.45) is 0.382. The molecule has 1 atom stereocenters. The quantitative estimate of drug-likeness (QED) is 0.612. The summed E-state index contributed by atoms with van der Waals surface area (Å²) in [4.78, 5) is 1.77. The minimum Gasteiger partial charge on any atom is -0.388 e. The summed E-state index contributed by atoms with van der Waals surface area (Å²) >= 11 is 0. The van der Waals surface area contributed by atoms with Gasteiger partial charge < -0.3 is 5.73 Å². The Labute approximate surface area is 99.7 Å². The maximum absolute atomic E-state index is 13.4. The van der Waals surface area contributed by atoms with Gasteiger partial charge in [0.25, 0.3) is 0 Å². The van der Waals surface area contributed by atoms with Crippen LogP contribution in [0.4, 0.5) is 8.78 Å². The second kappa shape index (κ2) is 5.72. The number of benzene rings is 1. The number of hydrogen-bond acceptors (Lipinski definition) is 2. The van der Waals surface area contributed by atoms with Crippen LogP contribution in [-0.2, 0) is 6.54 Å². The topological polar surface area (TPSA) is 53.1 Å². The van der Waals surface area contributed by atoms with Crippen molar-refractivity contribution in [2.24, 2.45) is 5.73 Å². The van der Waals surface area contributed by atoms with E-state index in [1.165, 1.54) is 18.2 Å². The number of hydrogen-bond donors (Lipinski definition) is 2. The molecule has 0 saturated carbocycles. The van der Waals surface area contributed by atoms with Crippen LogP contribution in [0.15, 0.2) is 18.2 Å². The van der Waals surface area contributed by atoms with E-state index in [9.17, 15) is 8.78 Å². The Morgan fingerprint density at radius 2 is 1.94 bits per heavy atom. The lowest BCUT2D eigenvalue weighted by Crippen LogP contribution is -2.33. The van der Waals surface area contributed by atoms with Crippen LogP contribution in [-0.4, -0.2) is 23.8 Å². The molecule has 0 heterocycles. The van der Waals surface area contributed by atoms with Gasteiger partial charge >= 0.3 is 0 Å². The van der Waals surface area contributed by atoms with Crippen LogP contribution in [0.2, 0.25) is 0 Å². The molecule has 0 aliphatic carbocycles. The van der Waals surface area contributed by atoms with Crippen LogP contribution < -0.4 is 5.73 Å². The Bertz CT molecular complexity index is 386. The Morgan fingerprint density at radius 3 is 2.41 bits per heavy atom. The van der Waals surface area contributed by atoms with E-state index in [2.05, 4.69) is 0 Å². The van der Waals surface area contributed by atoms with E-state index >= 15 is 0 Å². The fraction of sp³-hybridized carbons (Fsp3) is 0.417. The second-order valence-corrected chi connectivity index (χ2v) is 4.19. The van der Waals surface area contributed by atoms with E-state index in [0.717, 1.165) is 0 Å². The number of nitrogens with two attached hydrogens (primary N) is 1. The van der Waals surface area contributed by atoms with Gasteiger partial charge in [-0.2, -0.15) is 0 Å². The van der Waals surface area contributed by atoms with Crippen molar-refractivity contribution < 1.29 is 8.78 Å². The summed E-state index contributed by atoms with van der Waals surface area (Å²) in [6.45, 7) is 2.02. The van der Waals surface area contributed by atoms with Crippen molar-refractivity contribution >= 4 is 5.84 Å². The fourth-order valence-corrected chi connectivity index (χ4v) is 1.56. The fourth-order valence-electron chi connectivity index (χ4n) is 1.56. The number of nitrogens with zero attached hydrogens (tertiary/aromatic N) is 1. The van der Waals surface area contributed by atoms with Crippen LogP contribution in [0.5, 0.6) is 0 Å². The van der Waals surface area contributed by atoms with Crippen LogP contribution in [0, 0.1) is 17.0 Å². The lowest BCUT2D eigenvalue weighted by Gasteiger charge is -2.24. The van der Waals surface area contributed by atoms with Gasteiger partial charge in [0.15, 0.2) is 0 Å². The molecule has 1 aromatic carbocycles. The van der Waals surface area contributed by atoms with Crippen molar-refractivity contribution in [1.29, 1.82) is 5.41 Å². The zero-order valence-corrected chi connectivity index (χ0v) is 10.0. The second-order valence-electron chi connectivity index (χ2n) is 4.19. The SMILES string of the molecule is CC(CC(=N)N)N(C)Cc1c(F)cccc1F. The van der Waals surface area contributed by atoms with E-state index in [-0.39, 0.29) is 24.0 Å². The standard InChI is InChI=1S/C12H17F2N3/c1-8(6-12(15)16)17(2)7-9-10(13)4-3-5-11(9)14/h3-5,8H,6-7H2,1-2H3,(H3,15,16). The normalized spacial score (nSPS) is 12.8. The predicted molar refractivity (Wildman–Crippen MR) is 63.8 cm³/mol. The minimum atomic E-state index is -0.549. The molecule has 5 heteroatoms. The van der Waals surface area contributed by atoms with E-state index < -0.39 is 11.6 Å². The van der Waals surface area contributed by atoms with Crippen molar-refractivity contribution in [2.75, 3.05) is 7.05 Å². The lowest BCUT2D eigenvalue weighted by molar-refractivity contribution is 0.247. The Hall–Kier alpha value is -1.49. The molecule has 3 N–H and O–H groups in total. The molecule has 1 aromatic rings. The maximum Gasteiger partial charge on any atom is 0.130 e. The Kier molecular flexibility index (Phi) is 4.57. The van der Waals surface area contributed by atoms with Crippen LogP contribution in [0.3, 0.4) is 0 Å². The zero-order valence-electron chi connectivity index (χ0n) is 10.0. The molecule has 0 aliphatic rings. The highest BCUT2D eigenvalue weighted by Crippen LogP contribution is 2.15. The first kappa shape index (κ1) is 13.6. The van der Waals surface area contributed by atoms with Gasteiger partial charge in [0.05, 0.1) is 5.84 Å². The van der Waals surface area contributed by atoms with E-state index in [1.54, 1.807) is 11.9 Å². The maximum atomic E-state index is 13.4.